The third kappa shape index (κ3) is 3.98. The van der Waals surface area contributed by atoms with Crippen LogP contribution in [-0.4, -0.2) is 24.7 Å². The molecule has 0 aliphatic carbocycles. The molecule has 0 amide bonds. The van der Waals surface area contributed by atoms with Crippen LogP contribution in [-0.2, 0) is 10.9 Å². The van der Waals surface area contributed by atoms with E-state index >= 15 is 0 Å². The number of alkyl halides is 3. The minimum Gasteiger partial charge on any atom is -0.381 e. The highest BCUT2D eigenvalue weighted by atomic mass is 35.5. The van der Waals surface area contributed by atoms with Gasteiger partial charge in [-0.1, -0.05) is 11.6 Å². The third-order valence-corrected chi connectivity index (χ3v) is 3.27. The Morgan fingerprint density at radius 1 is 1.47 bits per heavy atom. The van der Waals surface area contributed by atoms with Gasteiger partial charge in [0.1, 0.15) is 5.82 Å². The summed E-state index contributed by atoms with van der Waals surface area (Å²) in [5.41, 5.74) is -0.843. The van der Waals surface area contributed by atoms with E-state index < -0.39 is 11.7 Å². The van der Waals surface area contributed by atoms with Gasteiger partial charge in [-0.3, -0.25) is 0 Å². The molecule has 1 aliphatic rings. The summed E-state index contributed by atoms with van der Waals surface area (Å²) in [5.74, 6) is 0.620. The number of aromatic nitrogens is 1. The van der Waals surface area contributed by atoms with Crippen molar-refractivity contribution in [1.29, 1.82) is 0 Å². The van der Waals surface area contributed by atoms with Crippen LogP contribution in [0.5, 0.6) is 0 Å². The van der Waals surface area contributed by atoms with Crippen LogP contribution in [0.2, 0.25) is 5.02 Å². The fourth-order valence-electron chi connectivity index (χ4n) is 1.93. The molecule has 1 fully saturated rings. The van der Waals surface area contributed by atoms with Gasteiger partial charge in [0.2, 0.25) is 0 Å². The van der Waals surface area contributed by atoms with Gasteiger partial charge in [-0.15, -0.1) is 0 Å². The average Bonchev–Trinajstić information content (AvgIpc) is 2.37. The van der Waals surface area contributed by atoms with Gasteiger partial charge in [0.25, 0.3) is 0 Å². The summed E-state index contributed by atoms with van der Waals surface area (Å²) in [4.78, 5) is 3.73. The number of ether oxygens (including phenoxy) is 1. The minimum absolute atomic E-state index is 0.0217. The summed E-state index contributed by atoms with van der Waals surface area (Å²) in [7, 11) is 0. The van der Waals surface area contributed by atoms with E-state index in [2.05, 4.69) is 10.3 Å². The van der Waals surface area contributed by atoms with Gasteiger partial charge in [0.15, 0.2) is 0 Å². The first-order valence-corrected chi connectivity index (χ1v) is 6.39. The third-order valence-electron chi connectivity index (χ3n) is 2.98. The maximum Gasteiger partial charge on any atom is 0.417 e. The lowest BCUT2D eigenvalue weighted by molar-refractivity contribution is -0.137. The Bertz CT molecular complexity index is 433. The lowest BCUT2D eigenvalue weighted by Crippen LogP contribution is -2.24. The summed E-state index contributed by atoms with van der Waals surface area (Å²) in [6.07, 6.45) is -1.61. The highest BCUT2D eigenvalue weighted by Crippen LogP contribution is 2.32. The van der Waals surface area contributed by atoms with Gasteiger partial charge in [-0.05, 0) is 24.8 Å². The minimum atomic E-state index is -4.42. The fourth-order valence-corrected chi connectivity index (χ4v) is 2.17. The molecule has 0 saturated carbocycles. The summed E-state index contributed by atoms with van der Waals surface area (Å²) in [5, 5.41) is 2.95. The molecule has 0 aromatic carbocycles. The zero-order valence-electron chi connectivity index (χ0n) is 10.1. The Morgan fingerprint density at radius 3 is 2.84 bits per heavy atom. The zero-order chi connectivity index (χ0) is 13.9. The van der Waals surface area contributed by atoms with E-state index in [4.69, 9.17) is 16.3 Å². The first kappa shape index (κ1) is 14.4. The van der Waals surface area contributed by atoms with Crippen LogP contribution in [0, 0.1) is 5.92 Å². The van der Waals surface area contributed by atoms with Crippen LogP contribution < -0.4 is 5.32 Å². The van der Waals surface area contributed by atoms with Crippen molar-refractivity contribution in [1.82, 2.24) is 4.98 Å². The molecule has 0 bridgehead atoms. The van der Waals surface area contributed by atoms with Crippen LogP contribution in [0.25, 0.3) is 0 Å². The van der Waals surface area contributed by atoms with E-state index in [-0.39, 0.29) is 10.8 Å². The molecule has 0 spiro atoms. The molecule has 1 N–H and O–H groups in total. The molecule has 1 aromatic heterocycles. The van der Waals surface area contributed by atoms with E-state index in [0.29, 0.717) is 19.1 Å². The van der Waals surface area contributed by atoms with Crippen molar-refractivity contribution < 1.29 is 17.9 Å². The Morgan fingerprint density at radius 2 is 2.26 bits per heavy atom. The van der Waals surface area contributed by atoms with Crippen molar-refractivity contribution in [2.75, 3.05) is 25.1 Å². The number of pyridine rings is 1. The van der Waals surface area contributed by atoms with Crippen molar-refractivity contribution in [2.24, 2.45) is 5.92 Å². The Hall–Kier alpha value is -1.01. The fraction of sp³-hybridized carbons (Fsp3) is 0.583. The standard InChI is InChI=1S/C12H14ClF3N2O/c13-10-4-9(12(14,15)16)6-18-11(10)17-5-8-2-1-3-19-7-8/h4,6,8H,1-3,5,7H2,(H,17,18). The molecule has 1 saturated heterocycles. The van der Waals surface area contributed by atoms with Gasteiger partial charge < -0.3 is 10.1 Å². The van der Waals surface area contributed by atoms with Crippen LogP contribution in [0.15, 0.2) is 12.3 Å². The van der Waals surface area contributed by atoms with Crippen molar-refractivity contribution in [3.63, 3.8) is 0 Å². The summed E-state index contributed by atoms with van der Waals surface area (Å²) in [6, 6.07) is 0.883. The van der Waals surface area contributed by atoms with Gasteiger partial charge in [-0.25, -0.2) is 4.98 Å². The molecule has 106 valence electrons. The number of hydrogen-bond acceptors (Lipinski definition) is 3. The number of anilines is 1. The molecule has 1 unspecified atom stereocenters. The molecule has 7 heteroatoms. The number of hydrogen-bond donors (Lipinski definition) is 1. The van der Waals surface area contributed by atoms with Crippen molar-refractivity contribution in [3.8, 4) is 0 Å². The second-order valence-corrected chi connectivity index (χ2v) is 4.92. The van der Waals surface area contributed by atoms with Gasteiger partial charge in [0.05, 0.1) is 17.2 Å². The molecule has 3 nitrogen and oxygen atoms in total. The lowest BCUT2D eigenvalue weighted by Gasteiger charge is -2.22. The van der Waals surface area contributed by atoms with Gasteiger partial charge >= 0.3 is 6.18 Å². The highest BCUT2D eigenvalue weighted by Gasteiger charge is 2.31. The zero-order valence-corrected chi connectivity index (χ0v) is 10.9. The summed E-state index contributed by atoms with van der Waals surface area (Å²) >= 11 is 5.80. The van der Waals surface area contributed by atoms with E-state index in [1.807, 2.05) is 0 Å². The average molecular weight is 295 g/mol. The monoisotopic (exact) mass is 294 g/mol. The molecular formula is C12H14ClF3N2O. The number of nitrogens with one attached hydrogen (secondary N) is 1. The molecule has 1 aliphatic heterocycles. The molecule has 1 aromatic rings. The van der Waals surface area contributed by atoms with Gasteiger partial charge in [0, 0.05) is 19.3 Å². The Labute approximate surface area is 114 Å². The van der Waals surface area contributed by atoms with Crippen molar-refractivity contribution >= 4 is 17.4 Å². The van der Waals surface area contributed by atoms with Crippen molar-refractivity contribution in [3.05, 3.63) is 22.8 Å². The largest absolute Gasteiger partial charge is 0.417 e. The number of rotatable bonds is 3. The first-order valence-electron chi connectivity index (χ1n) is 6.01. The molecule has 1 atom stereocenters. The SMILES string of the molecule is FC(F)(F)c1cnc(NCC2CCCOC2)c(Cl)c1. The van der Waals surface area contributed by atoms with Crippen LogP contribution in [0.1, 0.15) is 18.4 Å². The molecule has 2 heterocycles. The molecule has 19 heavy (non-hydrogen) atoms. The first-order chi connectivity index (χ1) is 8.97. The van der Waals surface area contributed by atoms with Crippen LogP contribution in [0.4, 0.5) is 19.0 Å². The second kappa shape index (κ2) is 5.96. The summed E-state index contributed by atoms with van der Waals surface area (Å²) in [6.45, 7) is 2.03. The van der Waals surface area contributed by atoms with Gasteiger partial charge in [-0.2, -0.15) is 13.2 Å². The van der Waals surface area contributed by atoms with E-state index in [1.54, 1.807) is 0 Å². The topological polar surface area (TPSA) is 34.2 Å². The quantitative estimate of drug-likeness (QED) is 0.925. The van der Waals surface area contributed by atoms with E-state index in [9.17, 15) is 13.2 Å². The predicted octanol–water partition coefficient (Wildman–Crippen LogP) is 3.59. The lowest BCUT2D eigenvalue weighted by atomic mass is 10.0. The number of halogens is 4. The predicted molar refractivity (Wildman–Crippen MR) is 66.3 cm³/mol. The second-order valence-electron chi connectivity index (χ2n) is 4.52. The molecule has 0 radical (unpaired) electrons. The smallest absolute Gasteiger partial charge is 0.381 e. The number of nitrogens with zero attached hydrogens (tertiary/aromatic N) is 1. The summed E-state index contributed by atoms with van der Waals surface area (Å²) < 4.78 is 42.6. The van der Waals surface area contributed by atoms with E-state index in [0.717, 1.165) is 31.7 Å². The Balaban J connectivity index is 1.97. The molecular weight excluding hydrogens is 281 g/mol. The van der Waals surface area contributed by atoms with Crippen molar-refractivity contribution in [2.45, 2.75) is 19.0 Å². The normalized spacial score (nSPS) is 20.3. The van der Waals surface area contributed by atoms with E-state index in [1.165, 1.54) is 0 Å². The van der Waals surface area contributed by atoms with Crippen LogP contribution in [0.3, 0.4) is 0 Å². The maximum absolute atomic E-state index is 12.4. The Kier molecular flexibility index (Phi) is 4.52. The highest BCUT2D eigenvalue weighted by molar-refractivity contribution is 6.32. The maximum atomic E-state index is 12.4. The van der Waals surface area contributed by atoms with Crippen LogP contribution >= 0.6 is 11.6 Å². The molecule has 2 rings (SSSR count).